The number of para-hydroxylation sites is 2. The van der Waals surface area contributed by atoms with E-state index < -0.39 is 0 Å². The fourth-order valence-electron chi connectivity index (χ4n) is 3.68. The largest absolute Gasteiger partial charge is 0.495 e. The third-order valence-electron chi connectivity index (χ3n) is 5.54. The Balaban J connectivity index is 2.00. The zero-order valence-corrected chi connectivity index (χ0v) is 19.6. The van der Waals surface area contributed by atoms with E-state index in [9.17, 15) is 9.59 Å². The molecule has 0 fully saturated rings. The SMILES string of the molecule is CCc1nc2sc(C(=O)Nc3ccccc3OC)c(C)c2c(=O)n1CCN(CC)CC. The van der Waals surface area contributed by atoms with Crippen molar-refractivity contribution < 1.29 is 9.53 Å². The number of hydrogen-bond acceptors (Lipinski definition) is 6. The average Bonchev–Trinajstić information content (AvgIpc) is 3.12. The number of anilines is 1. The first-order valence-corrected chi connectivity index (χ1v) is 11.5. The van der Waals surface area contributed by atoms with Gasteiger partial charge in [0.2, 0.25) is 0 Å². The predicted molar refractivity (Wildman–Crippen MR) is 127 cm³/mol. The maximum atomic E-state index is 13.4. The molecule has 0 bridgehead atoms. The number of rotatable bonds is 9. The molecule has 1 N–H and O–H groups in total. The van der Waals surface area contributed by atoms with Crippen LogP contribution in [0.15, 0.2) is 29.1 Å². The number of carbonyl (C=O) groups excluding carboxylic acids is 1. The molecular formula is C23H30N4O3S. The van der Waals surface area contributed by atoms with Crippen molar-refractivity contribution in [3.63, 3.8) is 0 Å². The van der Waals surface area contributed by atoms with Crippen LogP contribution in [0.5, 0.6) is 5.75 Å². The highest BCUT2D eigenvalue weighted by molar-refractivity contribution is 7.20. The van der Waals surface area contributed by atoms with Crippen LogP contribution in [0.25, 0.3) is 10.2 Å². The predicted octanol–water partition coefficient (Wildman–Crippen LogP) is 3.93. The third kappa shape index (κ3) is 4.65. The second-order valence-corrected chi connectivity index (χ2v) is 8.26. The first kappa shape index (κ1) is 23.0. The summed E-state index contributed by atoms with van der Waals surface area (Å²) in [6, 6.07) is 7.25. The van der Waals surface area contributed by atoms with E-state index in [4.69, 9.17) is 9.72 Å². The van der Waals surface area contributed by atoms with Crippen molar-refractivity contribution in [1.82, 2.24) is 14.5 Å². The number of amides is 1. The molecule has 0 unspecified atom stereocenters. The Morgan fingerprint density at radius 3 is 2.58 bits per heavy atom. The lowest BCUT2D eigenvalue weighted by Gasteiger charge is -2.19. The minimum absolute atomic E-state index is 0.0703. The second kappa shape index (κ2) is 10.1. The molecule has 1 aromatic carbocycles. The van der Waals surface area contributed by atoms with Crippen LogP contribution in [0.1, 0.15) is 41.8 Å². The summed E-state index contributed by atoms with van der Waals surface area (Å²) >= 11 is 1.26. The van der Waals surface area contributed by atoms with Crippen molar-refractivity contribution in [3.8, 4) is 5.75 Å². The second-order valence-electron chi connectivity index (χ2n) is 7.26. The van der Waals surface area contributed by atoms with Gasteiger partial charge in [-0.05, 0) is 37.7 Å². The maximum Gasteiger partial charge on any atom is 0.266 e. The van der Waals surface area contributed by atoms with Gasteiger partial charge in [-0.2, -0.15) is 0 Å². The molecule has 7 nitrogen and oxygen atoms in total. The summed E-state index contributed by atoms with van der Waals surface area (Å²) in [5, 5.41) is 3.43. The first-order chi connectivity index (χ1) is 14.9. The summed E-state index contributed by atoms with van der Waals surface area (Å²) in [6.45, 7) is 11.3. The van der Waals surface area contributed by atoms with Gasteiger partial charge in [0, 0.05) is 19.5 Å². The Morgan fingerprint density at radius 2 is 1.94 bits per heavy atom. The van der Waals surface area contributed by atoms with Crippen molar-refractivity contribution >= 4 is 33.1 Å². The van der Waals surface area contributed by atoms with Crippen LogP contribution in [0, 0.1) is 6.92 Å². The number of nitrogens with one attached hydrogen (secondary N) is 1. The third-order valence-corrected chi connectivity index (χ3v) is 6.73. The number of likely N-dealkylation sites (N-methyl/N-ethyl adjacent to an activating group) is 1. The number of aromatic nitrogens is 2. The average molecular weight is 443 g/mol. The zero-order valence-electron chi connectivity index (χ0n) is 18.8. The molecule has 0 aliphatic heterocycles. The zero-order chi connectivity index (χ0) is 22.5. The number of hydrogen-bond donors (Lipinski definition) is 1. The topological polar surface area (TPSA) is 76.5 Å². The van der Waals surface area contributed by atoms with Crippen LogP contribution in [0.2, 0.25) is 0 Å². The molecule has 0 aliphatic rings. The van der Waals surface area contributed by atoms with Crippen LogP contribution < -0.4 is 15.6 Å². The highest BCUT2D eigenvalue weighted by Crippen LogP contribution is 2.30. The number of ether oxygens (including phenoxy) is 1. The Hall–Kier alpha value is -2.71. The summed E-state index contributed by atoms with van der Waals surface area (Å²) in [4.78, 5) is 34.5. The molecule has 2 heterocycles. The summed E-state index contributed by atoms with van der Waals surface area (Å²) in [5.41, 5.74) is 1.19. The first-order valence-electron chi connectivity index (χ1n) is 10.6. The van der Waals surface area contributed by atoms with Crippen LogP contribution >= 0.6 is 11.3 Å². The van der Waals surface area contributed by atoms with Crippen molar-refractivity contribution in [2.24, 2.45) is 0 Å². The molecule has 2 aromatic heterocycles. The minimum atomic E-state index is -0.267. The fourth-order valence-corrected chi connectivity index (χ4v) is 4.77. The minimum Gasteiger partial charge on any atom is -0.495 e. The molecular weight excluding hydrogens is 412 g/mol. The molecule has 1 amide bonds. The van der Waals surface area contributed by atoms with Gasteiger partial charge in [-0.25, -0.2) is 4.98 Å². The molecule has 0 atom stereocenters. The summed E-state index contributed by atoms with van der Waals surface area (Å²) < 4.78 is 7.09. The lowest BCUT2D eigenvalue weighted by atomic mass is 10.2. The maximum absolute atomic E-state index is 13.4. The van der Waals surface area contributed by atoms with Crippen molar-refractivity contribution in [3.05, 3.63) is 50.9 Å². The van der Waals surface area contributed by atoms with Gasteiger partial charge in [-0.1, -0.05) is 32.9 Å². The van der Waals surface area contributed by atoms with Gasteiger partial charge in [0.25, 0.3) is 11.5 Å². The monoisotopic (exact) mass is 442 g/mol. The highest BCUT2D eigenvalue weighted by atomic mass is 32.1. The van der Waals surface area contributed by atoms with Crippen LogP contribution in [-0.4, -0.2) is 47.1 Å². The number of thiophene rings is 1. The molecule has 0 radical (unpaired) electrons. The Bertz CT molecular complexity index is 1130. The number of carbonyl (C=O) groups is 1. The van der Waals surface area contributed by atoms with Gasteiger partial charge in [0.1, 0.15) is 16.4 Å². The summed E-state index contributed by atoms with van der Waals surface area (Å²) in [5.74, 6) is 1.07. The lowest BCUT2D eigenvalue weighted by molar-refractivity contribution is 0.102. The highest BCUT2D eigenvalue weighted by Gasteiger charge is 2.22. The normalized spacial score (nSPS) is 11.3. The van der Waals surface area contributed by atoms with E-state index in [0.717, 1.165) is 25.5 Å². The molecule has 0 spiro atoms. The molecule has 166 valence electrons. The fraction of sp³-hybridized carbons (Fsp3) is 0.435. The number of methoxy groups -OCH3 is 1. The molecule has 31 heavy (non-hydrogen) atoms. The Kier molecular flexibility index (Phi) is 7.46. The molecule has 0 saturated carbocycles. The number of nitrogens with zero attached hydrogens (tertiary/aromatic N) is 3. The summed E-state index contributed by atoms with van der Waals surface area (Å²) in [7, 11) is 1.56. The standard InChI is InChI=1S/C23H30N4O3S/c1-6-18-25-22-19(23(29)27(18)14-13-26(7-2)8-3)15(4)20(31-22)21(28)24-16-11-9-10-12-17(16)30-5/h9-12H,6-8,13-14H2,1-5H3,(H,24,28). The number of aryl methyl sites for hydroxylation is 2. The molecule has 0 aliphatic carbocycles. The van der Waals surface area contributed by atoms with Crippen LogP contribution in [0.3, 0.4) is 0 Å². The van der Waals surface area contributed by atoms with E-state index in [0.29, 0.717) is 45.1 Å². The molecule has 3 rings (SSSR count). The van der Waals surface area contributed by atoms with E-state index >= 15 is 0 Å². The lowest BCUT2D eigenvalue weighted by Crippen LogP contribution is -2.33. The van der Waals surface area contributed by atoms with Gasteiger partial charge in [-0.15, -0.1) is 11.3 Å². The Labute approximate surface area is 186 Å². The Morgan fingerprint density at radius 1 is 1.23 bits per heavy atom. The molecule has 8 heteroatoms. The number of fused-ring (bicyclic) bond motifs is 1. The molecule has 3 aromatic rings. The van der Waals surface area contributed by atoms with Gasteiger partial charge in [0.15, 0.2) is 0 Å². The van der Waals surface area contributed by atoms with E-state index in [1.807, 2.05) is 26.0 Å². The van der Waals surface area contributed by atoms with Crippen molar-refractivity contribution in [2.75, 3.05) is 32.1 Å². The van der Waals surface area contributed by atoms with Gasteiger partial charge in [0.05, 0.1) is 23.1 Å². The van der Waals surface area contributed by atoms with Crippen molar-refractivity contribution in [2.45, 2.75) is 40.7 Å². The van der Waals surface area contributed by atoms with Crippen LogP contribution in [-0.2, 0) is 13.0 Å². The van der Waals surface area contributed by atoms with E-state index in [-0.39, 0.29) is 11.5 Å². The van der Waals surface area contributed by atoms with E-state index in [1.165, 1.54) is 11.3 Å². The van der Waals surface area contributed by atoms with Crippen LogP contribution in [0.4, 0.5) is 5.69 Å². The van der Waals surface area contributed by atoms with Crippen molar-refractivity contribution in [1.29, 1.82) is 0 Å². The van der Waals surface area contributed by atoms with E-state index in [1.54, 1.807) is 23.8 Å². The van der Waals surface area contributed by atoms with Gasteiger partial charge < -0.3 is 15.0 Å². The van der Waals surface area contributed by atoms with E-state index in [2.05, 4.69) is 24.1 Å². The van der Waals surface area contributed by atoms with Gasteiger partial charge in [-0.3, -0.25) is 14.2 Å². The quantitative estimate of drug-likeness (QED) is 0.543. The molecule has 0 saturated heterocycles. The van der Waals surface area contributed by atoms with Gasteiger partial charge >= 0.3 is 0 Å². The smallest absolute Gasteiger partial charge is 0.266 e. The number of benzene rings is 1. The summed E-state index contributed by atoms with van der Waals surface area (Å²) in [6.07, 6.45) is 0.656.